The average molecular weight is 493 g/mol. The van der Waals surface area contributed by atoms with Gasteiger partial charge in [-0.2, -0.15) is 0 Å². The van der Waals surface area contributed by atoms with Gasteiger partial charge in [0.05, 0.1) is 40.9 Å². The third-order valence-electron chi connectivity index (χ3n) is 5.85. The highest BCUT2D eigenvalue weighted by molar-refractivity contribution is 7.14. The molecule has 4 rings (SSSR count). The number of nitrogens with zero attached hydrogens (tertiary/aromatic N) is 2. The van der Waals surface area contributed by atoms with Crippen LogP contribution >= 0.6 is 11.3 Å². The fourth-order valence-electron chi connectivity index (χ4n) is 4.50. The minimum absolute atomic E-state index is 0.0218. The second-order valence-corrected chi connectivity index (χ2v) is 9.71. The van der Waals surface area contributed by atoms with Gasteiger partial charge in [0.25, 0.3) is 5.91 Å². The van der Waals surface area contributed by atoms with E-state index in [0.29, 0.717) is 39.9 Å². The number of hydrogen-bond donors (Lipinski definition) is 1. The normalized spacial score (nSPS) is 15.7. The fraction of sp³-hybridized carbons (Fsp3) is 0.296. The van der Waals surface area contributed by atoms with E-state index in [-0.39, 0.29) is 5.57 Å². The summed E-state index contributed by atoms with van der Waals surface area (Å²) in [5.74, 6) is -0.574. The van der Waals surface area contributed by atoms with Gasteiger partial charge in [-0.3, -0.25) is 14.5 Å². The van der Waals surface area contributed by atoms with E-state index >= 15 is 0 Å². The van der Waals surface area contributed by atoms with Gasteiger partial charge >= 0.3 is 0 Å². The molecule has 0 aliphatic carbocycles. The number of ether oxygens (including phenoxy) is 2. The molecule has 0 saturated carbocycles. The van der Waals surface area contributed by atoms with Gasteiger partial charge in [-0.05, 0) is 75.6 Å². The van der Waals surface area contributed by atoms with Crippen molar-refractivity contribution in [1.29, 1.82) is 0 Å². The number of hydrogen-bond acceptors (Lipinski definition) is 7. The molecule has 0 radical (unpaired) electrons. The lowest BCUT2D eigenvalue weighted by molar-refractivity contribution is -0.117. The molecule has 1 unspecified atom stereocenters. The summed E-state index contributed by atoms with van der Waals surface area (Å²) in [6, 6.07) is 10.2. The van der Waals surface area contributed by atoms with Crippen LogP contribution in [0.1, 0.15) is 50.0 Å². The van der Waals surface area contributed by atoms with Crippen LogP contribution < -0.4 is 14.4 Å². The van der Waals surface area contributed by atoms with E-state index in [9.17, 15) is 14.7 Å². The number of aliphatic hydroxyl groups excluding tert-OH is 1. The van der Waals surface area contributed by atoms with E-state index in [2.05, 4.69) is 4.98 Å². The quantitative estimate of drug-likeness (QED) is 0.434. The summed E-state index contributed by atoms with van der Waals surface area (Å²) in [6.45, 7) is 9.73. The topological polar surface area (TPSA) is 89.0 Å². The molecule has 35 heavy (non-hydrogen) atoms. The summed E-state index contributed by atoms with van der Waals surface area (Å²) in [4.78, 5) is 33.5. The van der Waals surface area contributed by atoms with Gasteiger partial charge in [0, 0.05) is 5.69 Å². The minimum atomic E-state index is -0.858. The molecule has 0 spiro atoms. The highest BCUT2D eigenvalue weighted by Crippen LogP contribution is 2.45. The molecule has 0 bridgehead atoms. The van der Waals surface area contributed by atoms with E-state index in [4.69, 9.17) is 9.47 Å². The Bertz CT molecular complexity index is 1340. The van der Waals surface area contributed by atoms with E-state index in [1.54, 1.807) is 32.2 Å². The van der Waals surface area contributed by atoms with E-state index < -0.39 is 23.5 Å². The Morgan fingerprint density at radius 2 is 1.77 bits per heavy atom. The van der Waals surface area contributed by atoms with E-state index in [1.807, 2.05) is 45.9 Å². The van der Waals surface area contributed by atoms with Crippen LogP contribution in [0, 0.1) is 27.7 Å². The number of aryl methyl sites for hydroxylation is 4. The Balaban J connectivity index is 1.94. The van der Waals surface area contributed by atoms with Crippen LogP contribution in [0.4, 0.5) is 5.69 Å². The maximum absolute atomic E-state index is 13.8. The summed E-state index contributed by atoms with van der Waals surface area (Å²) in [5.41, 5.74) is 3.73. The van der Waals surface area contributed by atoms with Gasteiger partial charge in [-0.15, -0.1) is 11.3 Å². The first-order valence-corrected chi connectivity index (χ1v) is 12.1. The summed E-state index contributed by atoms with van der Waals surface area (Å²) in [7, 11) is 1.55. The molecule has 1 aliphatic rings. The lowest BCUT2D eigenvalue weighted by Gasteiger charge is -2.28. The molecule has 2 aromatic carbocycles. The number of carbonyl (C=O) groups excluding carboxylic acids is 2. The van der Waals surface area contributed by atoms with Crippen LogP contribution in [-0.2, 0) is 4.79 Å². The Morgan fingerprint density at radius 3 is 2.34 bits per heavy atom. The number of rotatable bonds is 7. The highest BCUT2D eigenvalue weighted by Gasteiger charge is 2.45. The van der Waals surface area contributed by atoms with Crippen molar-refractivity contribution in [3.05, 3.63) is 80.0 Å². The maximum atomic E-state index is 13.8. The van der Waals surface area contributed by atoms with Crippen LogP contribution in [0.3, 0.4) is 0 Å². The number of ketones is 1. The molecule has 0 fully saturated rings. The molecule has 2 heterocycles. The monoisotopic (exact) mass is 492 g/mol. The molecule has 1 amide bonds. The van der Waals surface area contributed by atoms with Crippen molar-refractivity contribution in [3.63, 3.8) is 0 Å². The SMILES string of the molecule is CCOc1cc(C2C(C(=O)c3sc(C)nc3C)=C(O)C(=O)N2c2cc(C)cc(C)c2)ccc1OC. The number of benzene rings is 2. The first-order valence-electron chi connectivity index (χ1n) is 11.3. The Kier molecular flexibility index (Phi) is 6.67. The van der Waals surface area contributed by atoms with Crippen molar-refractivity contribution in [2.24, 2.45) is 0 Å². The number of methoxy groups -OCH3 is 1. The number of thiazole rings is 1. The Hall–Kier alpha value is -3.65. The summed E-state index contributed by atoms with van der Waals surface area (Å²) >= 11 is 1.25. The number of anilines is 1. The largest absolute Gasteiger partial charge is 0.503 e. The number of amides is 1. The zero-order valence-corrected chi connectivity index (χ0v) is 21.4. The molecule has 1 N–H and O–H groups in total. The van der Waals surface area contributed by atoms with Crippen molar-refractivity contribution in [1.82, 2.24) is 4.98 Å². The highest BCUT2D eigenvalue weighted by atomic mass is 32.1. The van der Waals surface area contributed by atoms with Crippen LogP contribution in [0.25, 0.3) is 0 Å². The molecule has 182 valence electrons. The average Bonchev–Trinajstić information content (AvgIpc) is 3.28. The van der Waals surface area contributed by atoms with Crippen molar-refractivity contribution in [3.8, 4) is 11.5 Å². The molecular weight excluding hydrogens is 464 g/mol. The number of carbonyl (C=O) groups is 2. The van der Waals surface area contributed by atoms with Crippen LogP contribution in [0.5, 0.6) is 11.5 Å². The smallest absolute Gasteiger partial charge is 0.294 e. The number of Topliss-reactive ketones (excluding diaryl/α,β-unsaturated/α-hetero) is 1. The van der Waals surface area contributed by atoms with Crippen molar-refractivity contribution >= 4 is 28.7 Å². The molecule has 1 aliphatic heterocycles. The first kappa shape index (κ1) is 24.5. The van der Waals surface area contributed by atoms with Gasteiger partial charge in [0.15, 0.2) is 17.3 Å². The second-order valence-electron chi connectivity index (χ2n) is 8.51. The van der Waals surface area contributed by atoms with Crippen LogP contribution in [-0.4, -0.2) is 35.5 Å². The van der Waals surface area contributed by atoms with Crippen LogP contribution in [0.15, 0.2) is 47.7 Å². The van der Waals surface area contributed by atoms with Gasteiger partial charge < -0.3 is 14.6 Å². The molecule has 0 saturated heterocycles. The number of aromatic nitrogens is 1. The lowest BCUT2D eigenvalue weighted by atomic mass is 9.94. The Labute approximate surface area is 208 Å². The standard InChI is InChI=1S/C27H28N2O5S/c1-7-34-21-13-18(8-9-20(21)33-6)23-22(24(30)26-16(4)28-17(5)35-26)25(31)27(32)29(23)19-11-14(2)10-15(3)12-19/h8-13,23,31H,7H2,1-6H3. The summed E-state index contributed by atoms with van der Waals surface area (Å²) in [5, 5.41) is 11.8. The zero-order chi connectivity index (χ0) is 25.4. The third-order valence-corrected chi connectivity index (χ3v) is 6.92. The third kappa shape index (κ3) is 4.41. The molecule has 7 nitrogen and oxygen atoms in total. The minimum Gasteiger partial charge on any atom is -0.503 e. The predicted molar refractivity (Wildman–Crippen MR) is 136 cm³/mol. The van der Waals surface area contributed by atoms with Gasteiger partial charge in [0.2, 0.25) is 5.78 Å². The van der Waals surface area contributed by atoms with Crippen LogP contribution in [0.2, 0.25) is 0 Å². The molecule has 3 aromatic rings. The lowest BCUT2D eigenvalue weighted by Crippen LogP contribution is -2.31. The molecule has 1 atom stereocenters. The van der Waals surface area contributed by atoms with Crippen molar-refractivity contribution in [2.45, 2.75) is 40.7 Å². The zero-order valence-electron chi connectivity index (χ0n) is 20.6. The molecule has 8 heteroatoms. The van der Waals surface area contributed by atoms with Crippen molar-refractivity contribution in [2.75, 3.05) is 18.6 Å². The van der Waals surface area contributed by atoms with Crippen molar-refractivity contribution < 1.29 is 24.2 Å². The molecule has 1 aromatic heterocycles. The van der Waals surface area contributed by atoms with Gasteiger partial charge in [-0.25, -0.2) is 4.98 Å². The van der Waals surface area contributed by atoms with Gasteiger partial charge in [0.1, 0.15) is 0 Å². The first-order chi connectivity index (χ1) is 16.7. The van der Waals surface area contributed by atoms with Gasteiger partial charge in [-0.1, -0.05) is 12.1 Å². The Morgan fingerprint density at radius 1 is 1.09 bits per heavy atom. The van der Waals surface area contributed by atoms with E-state index in [1.165, 1.54) is 16.2 Å². The molecular formula is C27H28N2O5S. The summed E-state index contributed by atoms with van der Waals surface area (Å²) < 4.78 is 11.2. The number of aliphatic hydroxyl groups is 1. The fourth-order valence-corrected chi connectivity index (χ4v) is 5.38. The maximum Gasteiger partial charge on any atom is 0.294 e. The summed E-state index contributed by atoms with van der Waals surface area (Å²) in [6.07, 6.45) is 0. The predicted octanol–water partition coefficient (Wildman–Crippen LogP) is 5.57. The van der Waals surface area contributed by atoms with E-state index in [0.717, 1.165) is 16.1 Å². The second kappa shape index (κ2) is 9.54.